The van der Waals surface area contributed by atoms with Crippen LogP contribution in [0.1, 0.15) is 136 Å². The normalized spacial score (nSPS) is 29.2. The molecule has 12 heteroatoms. The highest BCUT2D eigenvalue weighted by Gasteiger charge is 2.52. The quantitative estimate of drug-likeness (QED) is 0.159. The van der Waals surface area contributed by atoms with E-state index >= 15 is 0 Å². The van der Waals surface area contributed by atoms with Crippen LogP contribution in [0.2, 0.25) is 0 Å². The van der Waals surface area contributed by atoms with Crippen molar-refractivity contribution < 1.29 is 38.1 Å². The van der Waals surface area contributed by atoms with Crippen molar-refractivity contribution in [1.29, 1.82) is 0 Å². The van der Waals surface area contributed by atoms with Gasteiger partial charge in [0.25, 0.3) is 0 Å². The Morgan fingerprint density at radius 1 is 0.397 bits per heavy atom. The van der Waals surface area contributed by atoms with Crippen molar-refractivity contribution in [2.24, 2.45) is 23.7 Å². The maximum Gasteiger partial charge on any atom is 0.316 e. The van der Waals surface area contributed by atoms with Gasteiger partial charge in [0, 0.05) is 55.1 Å². The standard InChI is InChI=1S/C46H68N4O8/c1-39(2)21-27(43(9,10)47-39)35(51)55-31-19-17-26-25(33(31)57-37(53)29-23-41(5,6)49-45(29,13)14)18-20-32(56-36(52)28-22-40(3,4)48-44(28,11)12)34(26)58-38(54)30-24-42(7,8)50-46(30,15)16/h17-20,27-30,47-50H,21-24H2,1-16H3. The Morgan fingerprint density at radius 3 is 0.828 bits per heavy atom. The summed E-state index contributed by atoms with van der Waals surface area (Å²) in [6.07, 6.45) is 2.12. The van der Waals surface area contributed by atoms with Crippen LogP contribution in [-0.4, -0.2) is 68.2 Å². The van der Waals surface area contributed by atoms with Gasteiger partial charge in [-0.1, -0.05) is 0 Å². The largest absolute Gasteiger partial charge is 0.422 e. The second kappa shape index (κ2) is 14.0. The number of esters is 4. The number of rotatable bonds is 8. The predicted octanol–water partition coefficient (Wildman–Crippen LogP) is 7.13. The Kier molecular flexibility index (Phi) is 10.6. The minimum Gasteiger partial charge on any atom is -0.422 e. The molecule has 0 saturated carbocycles. The Labute approximate surface area is 345 Å². The molecule has 12 nitrogen and oxygen atoms in total. The van der Waals surface area contributed by atoms with Crippen LogP contribution < -0.4 is 40.2 Å². The predicted molar refractivity (Wildman–Crippen MR) is 224 cm³/mol. The average Bonchev–Trinajstić information content (AvgIpc) is 3.61. The fraction of sp³-hybridized carbons (Fsp3) is 0.696. The number of hydrogen-bond acceptors (Lipinski definition) is 12. The Balaban J connectivity index is 1.48. The summed E-state index contributed by atoms with van der Waals surface area (Å²) in [5, 5.41) is 14.9. The monoisotopic (exact) mass is 805 g/mol. The highest BCUT2D eigenvalue weighted by Crippen LogP contribution is 2.48. The molecule has 0 spiro atoms. The average molecular weight is 805 g/mol. The van der Waals surface area contributed by atoms with Crippen molar-refractivity contribution in [3.05, 3.63) is 24.3 Å². The molecule has 4 heterocycles. The van der Waals surface area contributed by atoms with E-state index in [-0.39, 0.29) is 45.2 Å². The second-order valence-electron chi connectivity index (χ2n) is 22.5. The van der Waals surface area contributed by atoms with Crippen LogP contribution in [-0.2, 0) is 19.2 Å². The molecule has 4 aliphatic rings. The van der Waals surface area contributed by atoms with Crippen LogP contribution in [0.25, 0.3) is 10.8 Å². The van der Waals surface area contributed by atoms with Gasteiger partial charge in [0.05, 0.1) is 23.7 Å². The number of hydrogen-bond donors (Lipinski definition) is 4. The lowest BCUT2D eigenvalue weighted by Gasteiger charge is -2.29. The lowest BCUT2D eigenvalue weighted by molar-refractivity contribution is -0.143. The smallest absolute Gasteiger partial charge is 0.316 e. The van der Waals surface area contributed by atoms with Crippen LogP contribution in [0.5, 0.6) is 23.0 Å². The third-order valence-corrected chi connectivity index (χ3v) is 13.0. The molecule has 4 N–H and O–H groups in total. The van der Waals surface area contributed by atoms with Gasteiger partial charge in [-0.05, 0) is 161 Å². The second-order valence-corrected chi connectivity index (χ2v) is 22.5. The van der Waals surface area contributed by atoms with Crippen molar-refractivity contribution in [3.63, 3.8) is 0 Å². The summed E-state index contributed by atoms with van der Waals surface area (Å²) < 4.78 is 25.1. The molecule has 320 valence electrons. The van der Waals surface area contributed by atoms with E-state index in [2.05, 4.69) is 21.3 Å². The summed E-state index contributed by atoms with van der Waals surface area (Å²) in [5.41, 5.74) is -3.57. The van der Waals surface area contributed by atoms with Crippen LogP contribution in [0.15, 0.2) is 24.3 Å². The van der Waals surface area contributed by atoms with Gasteiger partial charge in [0.2, 0.25) is 0 Å². The van der Waals surface area contributed by atoms with Crippen molar-refractivity contribution >= 4 is 34.6 Å². The van der Waals surface area contributed by atoms with Crippen molar-refractivity contribution in [2.45, 2.75) is 181 Å². The molecule has 4 saturated heterocycles. The van der Waals surface area contributed by atoms with E-state index in [1.165, 1.54) is 0 Å². The molecule has 0 aromatic heterocycles. The summed E-state index contributed by atoms with van der Waals surface area (Å²) in [6, 6.07) is 6.44. The number of nitrogens with one attached hydrogen (secondary N) is 4. The van der Waals surface area contributed by atoms with Gasteiger partial charge < -0.3 is 40.2 Å². The van der Waals surface area contributed by atoms with Gasteiger partial charge in [0.1, 0.15) is 0 Å². The SMILES string of the molecule is CC1(C)CC(C(=O)Oc2ccc3c(OC(=O)C4CC(C)(C)NC4(C)C)c(OC(=O)C4CC(C)(C)NC4(C)C)ccc3c2OC(=O)C2CC(C)(C)NC2(C)C)C(C)(C)N1. The molecule has 0 aliphatic carbocycles. The van der Waals surface area contributed by atoms with E-state index in [0.717, 1.165) is 0 Å². The number of ether oxygens (including phenoxy) is 4. The van der Waals surface area contributed by atoms with E-state index < -0.39 is 69.7 Å². The number of fused-ring (bicyclic) bond motifs is 1. The fourth-order valence-corrected chi connectivity index (χ4v) is 11.0. The zero-order valence-electron chi connectivity index (χ0n) is 37.7. The Morgan fingerprint density at radius 2 is 0.621 bits per heavy atom. The third kappa shape index (κ3) is 8.67. The van der Waals surface area contributed by atoms with Gasteiger partial charge in [0.15, 0.2) is 23.0 Å². The zero-order chi connectivity index (χ0) is 43.4. The minimum atomic E-state index is -0.595. The maximum absolute atomic E-state index is 14.3. The summed E-state index contributed by atoms with van der Waals surface area (Å²) in [6.45, 7) is 32.1. The van der Waals surface area contributed by atoms with E-state index in [1.54, 1.807) is 24.3 Å². The molecular weight excluding hydrogens is 737 g/mol. The van der Waals surface area contributed by atoms with Gasteiger partial charge >= 0.3 is 23.9 Å². The van der Waals surface area contributed by atoms with Gasteiger partial charge in [-0.3, -0.25) is 19.2 Å². The first kappa shape index (κ1) is 44.0. The first-order valence-corrected chi connectivity index (χ1v) is 20.9. The van der Waals surface area contributed by atoms with E-state index in [4.69, 9.17) is 18.9 Å². The number of benzene rings is 2. The Bertz CT molecular complexity index is 1880. The van der Waals surface area contributed by atoms with Crippen molar-refractivity contribution in [2.75, 3.05) is 0 Å². The molecule has 2 aromatic carbocycles. The summed E-state index contributed by atoms with van der Waals surface area (Å²) in [5.74, 6) is -3.84. The summed E-state index contributed by atoms with van der Waals surface area (Å²) >= 11 is 0. The molecule has 4 unspecified atom stereocenters. The maximum atomic E-state index is 14.3. The summed E-state index contributed by atoms with van der Waals surface area (Å²) in [7, 11) is 0. The molecule has 2 aromatic rings. The topological polar surface area (TPSA) is 153 Å². The number of carbonyl (C=O) groups is 4. The molecule has 4 fully saturated rings. The molecule has 6 rings (SSSR count). The molecule has 0 radical (unpaired) electrons. The third-order valence-electron chi connectivity index (χ3n) is 13.0. The van der Waals surface area contributed by atoms with E-state index in [0.29, 0.717) is 36.5 Å². The van der Waals surface area contributed by atoms with Crippen molar-refractivity contribution in [1.82, 2.24) is 21.3 Å². The molecule has 0 amide bonds. The molecule has 4 atom stereocenters. The van der Waals surface area contributed by atoms with E-state index in [9.17, 15) is 19.2 Å². The minimum absolute atomic E-state index is 0.0152. The first-order chi connectivity index (χ1) is 26.2. The first-order valence-electron chi connectivity index (χ1n) is 20.9. The number of carbonyl (C=O) groups excluding carboxylic acids is 4. The van der Waals surface area contributed by atoms with Crippen LogP contribution in [0.3, 0.4) is 0 Å². The van der Waals surface area contributed by atoms with Crippen LogP contribution in [0.4, 0.5) is 0 Å². The molecule has 58 heavy (non-hydrogen) atoms. The lowest BCUT2D eigenvalue weighted by Crippen LogP contribution is -2.47. The summed E-state index contributed by atoms with van der Waals surface area (Å²) in [4.78, 5) is 56.7. The van der Waals surface area contributed by atoms with Gasteiger partial charge in [-0.2, -0.15) is 0 Å². The van der Waals surface area contributed by atoms with E-state index in [1.807, 2.05) is 111 Å². The van der Waals surface area contributed by atoms with Crippen molar-refractivity contribution in [3.8, 4) is 23.0 Å². The highest BCUT2D eigenvalue weighted by atomic mass is 16.6. The lowest BCUT2D eigenvalue weighted by atomic mass is 9.87. The van der Waals surface area contributed by atoms with Crippen LogP contribution >= 0.6 is 0 Å². The molecular formula is C46H68N4O8. The van der Waals surface area contributed by atoms with Gasteiger partial charge in [-0.15, -0.1) is 0 Å². The molecule has 4 aliphatic heterocycles. The fourth-order valence-electron chi connectivity index (χ4n) is 11.0. The van der Waals surface area contributed by atoms with Crippen LogP contribution in [0, 0.1) is 23.7 Å². The Hall–Kier alpha value is -3.58. The van der Waals surface area contributed by atoms with Gasteiger partial charge in [-0.25, -0.2) is 0 Å². The zero-order valence-corrected chi connectivity index (χ0v) is 37.7. The molecule has 0 bridgehead atoms. The highest BCUT2D eigenvalue weighted by molar-refractivity contribution is 6.01.